The van der Waals surface area contributed by atoms with Gasteiger partial charge in [-0.1, -0.05) is 41.6 Å². The molecule has 0 aliphatic carbocycles. The largest absolute Gasteiger partial charge is 0.399 e. The molecule has 1 saturated heterocycles. The van der Waals surface area contributed by atoms with Crippen molar-refractivity contribution >= 4 is 23.4 Å². The van der Waals surface area contributed by atoms with Crippen LogP contribution < -0.4 is 11.1 Å². The van der Waals surface area contributed by atoms with Crippen LogP contribution in [0.25, 0.3) is 11.1 Å². The number of hydrogen-bond donors (Lipinski definition) is 2. The lowest BCUT2D eigenvalue weighted by Crippen LogP contribution is -2.46. The molecule has 1 aliphatic heterocycles. The number of hydrogen-bond acceptors (Lipinski definition) is 5. The van der Waals surface area contributed by atoms with Gasteiger partial charge in [0, 0.05) is 24.9 Å². The van der Waals surface area contributed by atoms with Crippen LogP contribution in [0.4, 0.5) is 0 Å². The van der Waals surface area contributed by atoms with Gasteiger partial charge in [0.2, 0.25) is 11.8 Å². The molecule has 3 rings (SSSR count). The Morgan fingerprint density at radius 3 is 2.56 bits per heavy atom. The van der Waals surface area contributed by atoms with Crippen molar-refractivity contribution in [1.29, 1.82) is 0 Å². The van der Waals surface area contributed by atoms with Crippen molar-refractivity contribution in [2.45, 2.75) is 32.7 Å². The molecule has 8 heteroatoms. The molecule has 0 spiro atoms. The summed E-state index contributed by atoms with van der Waals surface area (Å²) < 4.78 is 0. The van der Waals surface area contributed by atoms with E-state index in [-0.39, 0.29) is 37.7 Å². The predicted octanol–water partition coefficient (Wildman–Crippen LogP) is 2.18. The van der Waals surface area contributed by atoms with Gasteiger partial charge < -0.3 is 20.8 Å². The standard InChI is InChI=1S/C24H28N4O4/c1-15-6-4-5-7-19(15)17-8-9-20(16(2)12-17)24(31)28-14-18(27-32-3)13-21(28)23(30)26-11-10-22(25)29/h4-9,12,21H,10-11,13-14H2,1-3H3,(H2,25,29)(H,26,30)/b27-18+/t21-/m0/s1. The van der Waals surface area contributed by atoms with Gasteiger partial charge in [-0.15, -0.1) is 0 Å². The first-order valence-electron chi connectivity index (χ1n) is 10.4. The molecule has 0 aromatic heterocycles. The number of carbonyl (C=O) groups is 3. The molecule has 0 bridgehead atoms. The second kappa shape index (κ2) is 10.1. The van der Waals surface area contributed by atoms with E-state index in [1.165, 1.54) is 12.0 Å². The highest BCUT2D eigenvalue weighted by molar-refractivity contribution is 6.06. The van der Waals surface area contributed by atoms with Crippen LogP contribution in [0.1, 0.15) is 34.3 Å². The fourth-order valence-corrected chi connectivity index (χ4v) is 3.90. The van der Waals surface area contributed by atoms with Crippen LogP contribution in [0.5, 0.6) is 0 Å². The van der Waals surface area contributed by atoms with E-state index in [2.05, 4.69) is 10.5 Å². The molecule has 1 fully saturated rings. The number of benzene rings is 2. The first kappa shape index (κ1) is 23.0. The lowest BCUT2D eigenvalue weighted by atomic mass is 9.96. The highest BCUT2D eigenvalue weighted by Crippen LogP contribution is 2.27. The molecule has 0 saturated carbocycles. The summed E-state index contributed by atoms with van der Waals surface area (Å²) in [5, 5.41) is 6.62. The number of nitrogens with two attached hydrogens (primary N) is 1. The molecule has 1 aliphatic rings. The van der Waals surface area contributed by atoms with E-state index in [0.717, 1.165) is 22.3 Å². The second-order valence-electron chi connectivity index (χ2n) is 7.85. The number of nitrogens with zero attached hydrogens (tertiary/aromatic N) is 2. The van der Waals surface area contributed by atoms with E-state index in [1.807, 2.05) is 50.2 Å². The van der Waals surface area contributed by atoms with Crippen molar-refractivity contribution in [1.82, 2.24) is 10.2 Å². The average Bonchev–Trinajstić information content (AvgIpc) is 3.17. The van der Waals surface area contributed by atoms with Gasteiger partial charge in [0.1, 0.15) is 13.2 Å². The predicted molar refractivity (Wildman–Crippen MR) is 122 cm³/mol. The molecule has 3 amide bonds. The van der Waals surface area contributed by atoms with Gasteiger partial charge in [0.15, 0.2) is 0 Å². The minimum atomic E-state index is -0.736. The van der Waals surface area contributed by atoms with Crippen molar-refractivity contribution in [3.63, 3.8) is 0 Å². The number of amides is 3. The van der Waals surface area contributed by atoms with E-state index in [0.29, 0.717) is 11.3 Å². The summed E-state index contributed by atoms with van der Waals surface area (Å²) in [6.45, 7) is 4.25. The molecule has 0 unspecified atom stereocenters. The number of primary amides is 1. The molecule has 1 heterocycles. The minimum Gasteiger partial charge on any atom is -0.399 e. The molecule has 168 valence electrons. The van der Waals surface area contributed by atoms with Crippen LogP contribution >= 0.6 is 0 Å². The van der Waals surface area contributed by atoms with Crippen LogP contribution in [0.15, 0.2) is 47.6 Å². The van der Waals surface area contributed by atoms with Crippen LogP contribution in [0, 0.1) is 13.8 Å². The first-order chi connectivity index (χ1) is 15.3. The fraction of sp³-hybridized carbons (Fsp3) is 0.333. The van der Waals surface area contributed by atoms with Crippen LogP contribution in [-0.2, 0) is 14.4 Å². The Balaban J connectivity index is 1.84. The highest BCUT2D eigenvalue weighted by Gasteiger charge is 2.38. The van der Waals surface area contributed by atoms with E-state index in [1.54, 1.807) is 6.07 Å². The van der Waals surface area contributed by atoms with E-state index in [9.17, 15) is 14.4 Å². The number of carbonyl (C=O) groups excluding carboxylic acids is 3. The maximum Gasteiger partial charge on any atom is 0.255 e. The number of rotatable bonds is 7. The lowest BCUT2D eigenvalue weighted by molar-refractivity contribution is -0.125. The number of aryl methyl sites for hydroxylation is 2. The Morgan fingerprint density at radius 1 is 1.16 bits per heavy atom. The van der Waals surface area contributed by atoms with Crippen LogP contribution in [-0.4, -0.2) is 54.6 Å². The number of likely N-dealkylation sites (tertiary alicyclic amines) is 1. The fourth-order valence-electron chi connectivity index (χ4n) is 3.90. The molecule has 0 radical (unpaired) electrons. The monoisotopic (exact) mass is 436 g/mol. The summed E-state index contributed by atoms with van der Waals surface area (Å²) >= 11 is 0. The third-order valence-corrected chi connectivity index (χ3v) is 5.53. The quantitative estimate of drug-likeness (QED) is 0.648. The Morgan fingerprint density at radius 2 is 1.91 bits per heavy atom. The summed E-state index contributed by atoms with van der Waals surface area (Å²) in [7, 11) is 1.42. The molecule has 3 N–H and O–H groups in total. The van der Waals surface area contributed by atoms with Gasteiger partial charge in [-0.3, -0.25) is 14.4 Å². The normalized spacial score (nSPS) is 16.8. The van der Waals surface area contributed by atoms with E-state index < -0.39 is 11.9 Å². The summed E-state index contributed by atoms with van der Waals surface area (Å²) in [6.07, 6.45) is 0.299. The lowest BCUT2D eigenvalue weighted by Gasteiger charge is -2.24. The Bertz CT molecular complexity index is 1060. The van der Waals surface area contributed by atoms with E-state index in [4.69, 9.17) is 10.6 Å². The van der Waals surface area contributed by atoms with Gasteiger partial charge in [-0.2, -0.15) is 0 Å². The molecule has 8 nitrogen and oxygen atoms in total. The van der Waals surface area contributed by atoms with E-state index >= 15 is 0 Å². The maximum absolute atomic E-state index is 13.4. The van der Waals surface area contributed by atoms with Gasteiger partial charge >= 0.3 is 0 Å². The van der Waals surface area contributed by atoms with Crippen molar-refractivity contribution in [3.8, 4) is 11.1 Å². The topological polar surface area (TPSA) is 114 Å². The van der Waals surface area contributed by atoms with Gasteiger partial charge in [-0.25, -0.2) is 0 Å². The summed E-state index contributed by atoms with van der Waals surface area (Å²) in [5.74, 6) is -1.11. The molecule has 2 aromatic rings. The zero-order valence-corrected chi connectivity index (χ0v) is 18.6. The molecular formula is C24H28N4O4. The van der Waals surface area contributed by atoms with Crippen LogP contribution in [0.3, 0.4) is 0 Å². The molecule has 32 heavy (non-hydrogen) atoms. The zero-order chi connectivity index (χ0) is 23.3. The Kier molecular flexibility index (Phi) is 7.25. The minimum absolute atomic E-state index is 0.0326. The number of oxime groups is 1. The molecule has 1 atom stereocenters. The highest BCUT2D eigenvalue weighted by atomic mass is 16.6. The van der Waals surface area contributed by atoms with Crippen molar-refractivity contribution in [2.75, 3.05) is 20.2 Å². The summed E-state index contributed by atoms with van der Waals surface area (Å²) in [4.78, 5) is 43.4. The Hall–Kier alpha value is -3.68. The second-order valence-corrected chi connectivity index (χ2v) is 7.85. The third-order valence-electron chi connectivity index (χ3n) is 5.53. The molecular weight excluding hydrogens is 408 g/mol. The van der Waals surface area contributed by atoms with Gasteiger partial charge in [-0.05, 0) is 42.2 Å². The number of nitrogens with one attached hydrogen (secondary N) is 1. The van der Waals surface area contributed by atoms with Crippen molar-refractivity contribution < 1.29 is 19.2 Å². The third kappa shape index (κ3) is 5.14. The van der Waals surface area contributed by atoms with Crippen molar-refractivity contribution in [3.05, 3.63) is 59.2 Å². The first-order valence-corrected chi connectivity index (χ1v) is 10.4. The summed E-state index contributed by atoms with van der Waals surface area (Å²) in [5.41, 5.74) is 10.4. The van der Waals surface area contributed by atoms with Crippen molar-refractivity contribution in [2.24, 2.45) is 10.9 Å². The zero-order valence-electron chi connectivity index (χ0n) is 18.6. The van der Waals surface area contributed by atoms with Gasteiger partial charge in [0.25, 0.3) is 5.91 Å². The smallest absolute Gasteiger partial charge is 0.255 e. The maximum atomic E-state index is 13.4. The Labute approximate surface area is 187 Å². The average molecular weight is 437 g/mol. The van der Waals surface area contributed by atoms with Crippen LogP contribution in [0.2, 0.25) is 0 Å². The molecule has 2 aromatic carbocycles. The SMILES string of the molecule is CO/N=C1\C[C@@H](C(=O)NCCC(N)=O)N(C(=O)c2ccc(-c3ccccc3C)cc2C)C1. The van der Waals surface area contributed by atoms with Gasteiger partial charge in [0.05, 0.1) is 12.3 Å². The summed E-state index contributed by atoms with van der Waals surface area (Å²) in [6, 6.07) is 13.0.